The summed E-state index contributed by atoms with van der Waals surface area (Å²) in [6.45, 7) is 7.08. The maximum atomic E-state index is 11.2. The molecule has 2 aromatic rings. The van der Waals surface area contributed by atoms with Gasteiger partial charge in [-0.25, -0.2) is 5.48 Å². The Bertz CT molecular complexity index is 909. The minimum absolute atomic E-state index is 0.326. The molecule has 0 radical (unpaired) electrons. The maximum Gasteiger partial charge on any atom is 0.243 e. The highest BCUT2D eigenvalue weighted by atomic mass is 16.5. The summed E-state index contributed by atoms with van der Waals surface area (Å²) in [7, 11) is 0. The molecule has 1 atom stereocenters. The van der Waals surface area contributed by atoms with Crippen LogP contribution in [0.3, 0.4) is 0 Å². The highest BCUT2D eigenvalue weighted by molar-refractivity contribution is 5.88. The van der Waals surface area contributed by atoms with Crippen LogP contribution in [0.5, 0.6) is 5.75 Å². The lowest BCUT2D eigenvalue weighted by Crippen LogP contribution is -2.39. The van der Waals surface area contributed by atoms with Crippen LogP contribution in [0.25, 0.3) is 10.8 Å². The lowest BCUT2D eigenvalue weighted by Gasteiger charge is -2.33. The summed E-state index contributed by atoms with van der Waals surface area (Å²) in [5.74, 6) is 0.580. The smallest absolute Gasteiger partial charge is 0.243 e. The van der Waals surface area contributed by atoms with E-state index in [0.29, 0.717) is 19.1 Å². The lowest BCUT2D eigenvalue weighted by molar-refractivity contribution is -0.129. The van der Waals surface area contributed by atoms with Crippen molar-refractivity contribution in [1.29, 1.82) is 0 Å². The van der Waals surface area contributed by atoms with Crippen LogP contribution in [-0.2, 0) is 4.79 Å². The van der Waals surface area contributed by atoms with Crippen LogP contribution >= 0.6 is 0 Å². The second-order valence-corrected chi connectivity index (χ2v) is 9.32. The van der Waals surface area contributed by atoms with E-state index in [9.17, 15) is 4.79 Å². The average Bonchev–Trinajstić information content (AvgIpc) is 2.87. The second kappa shape index (κ2) is 14.8. The number of hydroxylamine groups is 1. The number of piperidine rings is 1. The number of unbranched alkanes of at least 4 members (excludes halogenated alkanes) is 2. The predicted octanol–water partition coefficient (Wildman–Crippen LogP) is 5.06. The van der Waals surface area contributed by atoms with Gasteiger partial charge in [-0.1, -0.05) is 48.9 Å². The number of nitrogens with one attached hydrogen (secondary N) is 2. The molecule has 1 aliphatic rings. The number of hydrogen-bond acceptors (Lipinski definition) is 5. The molecule has 34 heavy (non-hydrogen) atoms. The van der Waals surface area contributed by atoms with E-state index in [-0.39, 0.29) is 5.91 Å². The van der Waals surface area contributed by atoms with Crippen molar-refractivity contribution in [1.82, 2.24) is 15.7 Å². The van der Waals surface area contributed by atoms with Crippen molar-refractivity contribution in [3.05, 3.63) is 54.1 Å². The first-order chi connectivity index (χ1) is 16.7. The molecule has 2 aromatic carbocycles. The molecular weight excluding hydrogens is 426 g/mol. The zero-order valence-electron chi connectivity index (χ0n) is 20.6. The Kier molecular flexibility index (Phi) is 11.4. The van der Waals surface area contributed by atoms with E-state index in [1.807, 2.05) is 24.3 Å². The van der Waals surface area contributed by atoms with Gasteiger partial charge in [-0.15, -0.1) is 0 Å². The molecule has 0 spiro atoms. The number of carbonyl (C=O) groups excluding carboxylic acids is 1. The molecule has 1 fully saturated rings. The highest BCUT2D eigenvalue weighted by Gasteiger charge is 2.17. The number of ether oxygens (including phenoxy) is 1. The van der Waals surface area contributed by atoms with Crippen LogP contribution in [0.2, 0.25) is 0 Å². The van der Waals surface area contributed by atoms with Crippen LogP contribution < -0.4 is 15.5 Å². The normalized spacial score (nSPS) is 17.1. The van der Waals surface area contributed by atoms with Crippen LogP contribution in [0, 0.1) is 0 Å². The van der Waals surface area contributed by atoms with Gasteiger partial charge >= 0.3 is 0 Å². The fourth-order valence-electron chi connectivity index (χ4n) is 4.61. The summed E-state index contributed by atoms with van der Waals surface area (Å²) in [6.07, 6.45) is 10.3. The van der Waals surface area contributed by atoms with Crippen molar-refractivity contribution in [3.63, 3.8) is 0 Å². The number of rotatable bonds is 14. The summed E-state index contributed by atoms with van der Waals surface area (Å²) in [5.41, 5.74) is 2.92. The molecule has 6 heteroatoms. The Hall–Kier alpha value is -2.41. The van der Waals surface area contributed by atoms with Gasteiger partial charge in [-0.2, -0.15) is 0 Å². The molecular formula is C28H41N3O3. The van der Waals surface area contributed by atoms with E-state index < -0.39 is 0 Å². The van der Waals surface area contributed by atoms with E-state index >= 15 is 0 Å². The third kappa shape index (κ3) is 8.75. The maximum absolute atomic E-state index is 11.2. The van der Waals surface area contributed by atoms with Crippen LogP contribution in [0.4, 0.5) is 0 Å². The molecule has 3 N–H and O–H groups in total. The first-order valence-corrected chi connectivity index (χ1v) is 12.8. The van der Waals surface area contributed by atoms with Gasteiger partial charge in [-0.05, 0) is 82.1 Å². The molecule has 1 amide bonds. The van der Waals surface area contributed by atoms with E-state index in [0.717, 1.165) is 56.5 Å². The number of nitrogens with zero attached hydrogens (tertiary/aromatic N) is 1. The SMILES string of the molecule is CC1CCCCN1CCCNC/C(=C\CCCCC(=O)NO)COc1cccc2ccccc12. The van der Waals surface area contributed by atoms with Crippen molar-refractivity contribution in [2.24, 2.45) is 0 Å². The molecule has 1 aliphatic heterocycles. The Balaban J connectivity index is 1.48. The molecule has 0 aliphatic carbocycles. The van der Waals surface area contributed by atoms with Gasteiger partial charge in [0.25, 0.3) is 0 Å². The van der Waals surface area contributed by atoms with E-state index in [4.69, 9.17) is 9.94 Å². The summed E-state index contributed by atoms with van der Waals surface area (Å²) in [5, 5.41) is 14.5. The monoisotopic (exact) mass is 467 g/mol. The van der Waals surface area contributed by atoms with E-state index in [2.05, 4.69) is 41.4 Å². The number of carbonyl (C=O) groups is 1. The summed E-state index contributed by atoms with van der Waals surface area (Å²) >= 11 is 0. The fourth-order valence-corrected chi connectivity index (χ4v) is 4.61. The highest BCUT2D eigenvalue weighted by Crippen LogP contribution is 2.25. The lowest BCUT2D eigenvalue weighted by atomic mass is 10.0. The number of allylic oxidation sites excluding steroid dienone is 1. The molecule has 1 unspecified atom stereocenters. The Morgan fingerprint density at radius 3 is 2.85 bits per heavy atom. The number of hydrogen-bond donors (Lipinski definition) is 3. The molecule has 0 saturated carbocycles. The van der Waals surface area contributed by atoms with Crippen LogP contribution in [0.15, 0.2) is 54.1 Å². The largest absolute Gasteiger partial charge is 0.489 e. The third-order valence-electron chi connectivity index (χ3n) is 6.67. The fraction of sp³-hybridized carbons (Fsp3) is 0.536. The van der Waals surface area contributed by atoms with Gasteiger partial charge in [0.05, 0.1) is 0 Å². The molecule has 6 nitrogen and oxygen atoms in total. The van der Waals surface area contributed by atoms with Crippen molar-refractivity contribution < 1.29 is 14.7 Å². The van der Waals surface area contributed by atoms with E-state index in [1.165, 1.54) is 36.8 Å². The van der Waals surface area contributed by atoms with Gasteiger partial charge < -0.3 is 15.0 Å². The zero-order valence-corrected chi connectivity index (χ0v) is 20.6. The Morgan fingerprint density at radius 2 is 2.00 bits per heavy atom. The third-order valence-corrected chi connectivity index (χ3v) is 6.67. The van der Waals surface area contributed by atoms with E-state index in [1.54, 1.807) is 5.48 Å². The quantitative estimate of drug-likeness (QED) is 0.157. The van der Waals surface area contributed by atoms with Crippen molar-refractivity contribution >= 4 is 16.7 Å². The Labute approximate surface area is 204 Å². The van der Waals surface area contributed by atoms with Gasteiger partial charge in [0.2, 0.25) is 5.91 Å². The van der Waals surface area contributed by atoms with Crippen molar-refractivity contribution in [2.45, 2.75) is 64.3 Å². The van der Waals surface area contributed by atoms with Crippen LogP contribution in [0.1, 0.15) is 58.3 Å². The van der Waals surface area contributed by atoms with Crippen molar-refractivity contribution in [3.8, 4) is 5.75 Å². The molecule has 0 aromatic heterocycles. The number of amides is 1. The topological polar surface area (TPSA) is 73.8 Å². The standard InChI is InChI=1S/C28H41N3O3/c1-23-11-7-8-19-31(23)20-10-18-29-21-24(12-3-2-4-17-28(32)30-33)22-34-27-16-9-14-25-13-5-6-15-26(25)27/h5-6,9,12-16,23,29,33H,2-4,7-8,10-11,17-22H2,1H3,(H,30,32)/b24-12+. The molecule has 1 heterocycles. The van der Waals surface area contributed by atoms with Gasteiger partial charge in [0.1, 0.15) is 12.4 Å². The molecule has 1 saturated heterocycles. The minimum atomic E-state index is -0.326. The number of likely N-dealkylation sites (tertiary alicyclic amines) is 1. The van der Waals surface area contributed by atoms with Crippen molar-refractivity contribution in [2.75, 3.05) is 32.8 Å². The summed E-state index contributed by atoms with van der Waals surface area (Å²) in [4.78, 5) is 13.8. The summed E-state index contributed by atoms with van der Waals surface area (Å²) in [6, 6.07) is 15.2. The first kappa shape index (κ1) is 26.2. The molecule has 186 valence electrons. The minimum Gasteiger partial charge on any atom is -0.489 e. The second-order valence-electron chi connectivity index (χ2n) is 9.32. The summed E-state index contributed by atoms with van der Waals surface area (Å²) < 4.78 is 6.25. The van der Waals surface area contributed by atoms with Gasteiger partial charge in [0, 0.05) is 24.4 Å². The average molecular weight is 468 g/mol. The van der Waals surface area contributed by atoms with Gasteiger partial charge in [-0.3, -0.25) is 10.0 Å². The molecule has 3 rings (SSSR count). The molecule has 0 bridgehead atoms. The van der Waals surface area contributed by atoms with Crippen LogP contribution in [-0.4, -0.2) is 54.8 Å². The number of benzene rings is 2. The zero-order chi connectivity index (χ0) is 24.0. The number of fused-ring (bicyclic) bond motifs is 1. The predicted molar refractivity (Wildman–Crippen MR) is 138 cm³/mol. The van der Waals surface area contributed by atoms with Gasteiger partial charge in [0.15, 0.2) is 0 Å². The first-order valence-electron chi connectivity index (χ1n) is 12.8. The Morgan fingerprint density at radius 1 is 1.15 bits per heavy atom.